The van der Waals surface area contributed by atoms with Crippen molar-refractivity contribution >= 4 is 23.4 Å². The number of pyridine rings is 1. The molecule has 5 rings (SSSR count). The van der Waals surface area contributed by atoms with Gasteiger partial charge in [0.25, 0.3) is 5.91 Å². The van der Waals surface area contributed by atoms with Crippen LogP contribution in [0.5, 0.6) is 0 Å². The fourth-order valence-electron chi connectivity index (χ4n) is 3.34. The summed E-state index contributed by atoms with van der Waals surface area (Å²) in [7, 11) is 0. The summed E-state index contributed by atoms with van der Waals surface area (Å²) in [4.78, 5) is 30.0. The predicted octanol–water partition coefficient (Wildman–Crippen LogP) is 2.70. The van der Waals surface area contributed by atoms with Gasteiger partial charge < -0.3 is 24.1 Å². The molecule has 10 nitrogen and oxygen atoms in total. The monoisotopic (exact) mass is 417 g/mol. The zero-order valence-electron chi connectivity index (χ0n) is 16.5. The van der Waals surface area contributed by atoms with E-state index in [-0.39, 0.29) is 5.69 Å². The van der Waals surface area contributed by atoms with E-state index in [4.69, 9.17) is 8.94 Å². The zero-order valence-corrected chi connectivity index (χ0v) is 16.5. The minimum Gasteiger partial charge on any atom is -0.461 e. The van der Waals surface area contributed by atoms with Gasteiger partial charge in [0, 0.05) is 38.4 Å². The van der Waals surface area contributed by atoms with E-state index in [2.05, 4.69) is 35.2 Å². The van der Waals surface area contributed by atoms with Crippen LogP contribution >= 0.6 is 0 Å². The highest BCUT2D eigenvalue weighted by atomic mass is 16.5. The van der Waals surface area contributed by atoms with Gasteiger partial charge in [-0.15, -0.1) is 0 Å². The molecule has 1 amide bonds. The maximum Gasteiger partial charge on any atom is 0.277 e. The fourth-order valence-corrected chi connectivity index (χ4v) is 3.34. The minimum absolute atomic E-state index is 0.140. The maximum atomic E-state index is 12.4. The van der Waals surface area contributed by atoms with E-state index in [9.17, 15) is 4.79 Å². The summed E-state index contributed by atoms with van der Waals surface area (Å²) in [5.74, 6) is 2.07. The number of piperazine rings is 1. The Balaban J connectivity index is 1.18. The van der Waals surface area contributed by atoms with Gasteiger partial charge in [0.15, 0.2) is 11.5 Å². The smallest absolute Gasteiger partial charge is 0.277 e. The molecule has 4 aromatic heterocycles. The normalized spacial score (nSPS) is 13.9. The fraction of sp³-hybridized carbons (Fsp3) is 0.190. The van der Waals surface area contributed by atoms with E-state index in [1.165, 1.54) is 12.3 Å². The number of anilines is 3. The van der Waals surface area contributed by atoms with Crippen molar-refractivity contribution in [2.45, 2.75) is 0 Å². The van der Waals surface area contributed by atoms with E-state index < -0.39 is 5.91 Å². The Bertz CT molecular complexity index is 1140. The number of rotatable bonds is 5. The highest BCUT2D eigenvalue weighted by molar-refractivity contribution is 6.03. The number of amides is 1. The van der Waals surface area contributed by atoms with E-state index >= 15 is 0 Å². The Morgan fingerprint density at radius 2 is 1.74 bits per heavy atom. The van der Waals surface area contributed by atoms with E-state index in [0.29, 0.717) is 23.2 Å². The van der Waals surface area contributed by atoms with E-state index in [1.54, 1.807) is 30.7 Å². The average Bonchev–Trinajstić information content (AvgIpc) is 3.53. The summed E-state index contributed by atoms with van der Waals surface area (Å²) in [5.41, 5.74) is 0.615. The summed E-state index contributed by atoms with van der Waals surface area (Å²) in [6.07, 6.45) is 6.49. The molecule has 0 spiro atoms. The van der Waals surface area contributed by atoms with Crippen molar-refractivity contribution in [3.05, 3.63) is 66.9 Å². The third-order valence-corrected chi connectivity index (χ3v) is 4.94. The average molecular weight is 417 g/mol. The number of carbonyl (C=O) groups is 1. The molecule has 5 heterocycles. The van der Waals surface area contributed by atoms with E-state index in [0.717, 1.165) is 32.0 Å². The molecular weight excluding hydrogens is 398 g/mol. The molecule has 156 valence electrons. The van der Waals surface area contributed by atoms with Crippen molar-refractivity contribution < 1.29 is 13.7 Å². The molecule has 1 saturated heterocycles. The molecule has 0 aromatic carbocycles. The first-order valence-electron chi connectivity index (χ1n) is 9.81. The van der Waals surface area contributed by atoms with Crippen LogP contribution in [0.1, 0.15) is 10.5 Å². The molecule has 1 fully saturated rings. The van der Waals surface area contributed by atoms with Crippen LogP contribution in [0.4, 0.5) is 17.5 Å². The second-order valence-corrected chi connectivity index (χ2v) is 6.94. The summed E-state index contributed by atoms with van der Waals surface area (Å²) < 4.78 is 10.4. The third-order valence-electron chi connectivity index (χ3n) is 4.94. The first kappa shape index (κ1) is 18.8. The molecular formula is C21H19N7O3. The highest BCUT2D eigenvalue weighted by Crippen LogP contribution is 2.21. The number of hydrogen-bond acceptors (Lipinski definition) is 9. The van der Waals surface area contributed by atoms with Crippen molar-refractivity contribution in [2.75, 3.05) is 41.3 Å². The van der Waals surface area contributed by atoms with Gasteiger partial charge in [0.2, 0.25) is 11.7 Å². The Labute approximate surface area is 177 Å². The molecule has 1 aliphatic rings. The van der Waals surface area contributed by atoms with Crippen LogP contribution < -0.4 is 15.1 Å². The van der Waals surface area contributed by atoms with Crippen LogP contribution in [-0.2, 0) is 0 Å². The summed E-state index contributed by atoms with van der Waals surface area (Å²) in [6.45, 7) is 3.25. The molecule has 0 radical (unpaired) electrons. The van der Waals surface area contributed by atoms with Crippen LogP contribution in [-0.4, -0.2) is 52.2 Å². The number of furan rings is 1. The maximum absolute atomic E-state index is 12.4. The van der Waals surface area contributed by atoms with Crippen LogP contribution in [0, 0.1) is 0 Å². The Kier molecular flexibility index (Phi) is 5.01. The predicted molar refractivity (Wildman–Crippen MR) is 113 cm³/mol. The van der Waals surface area contributed by atoms with Gasteiger partial charge in [-0.3, -0.25) is 4.79 Å². The van der Waals surface area contributed by atoms with Crippen LogP contribution in [0.2, 0.25) is 0 Å². The molecule has 31 heavy (non-hydrogen) atoms. The summed E-state index contributed by atoms with van der Waals surface area (Å²) in [5, 5.41) is 6.51. The Morgan fingerprint density at radius 3 is 2.45 bits per heavy atom. The lowest BCUT2D eigenvalue weighted by atomic mass is 10.3. The van der Waals surface area contributed by atoms with Crippen LogP contribution in [0.25, 0.3) is 11.5 Å². The van der Waals surface area contributed by atoms with Gasteiger partial charge in [-0.2, -0.15) is 0 Å². The van der Waals surface area contributed by atoms with Crippen molar-refractivity contribution in [3.63, 3.8) is 0 Å². The van der Waals surface area contributed by atoms with Gasteiger partial charge >= 0.3 is 0 Å². The van der Waals surface area contributed by atoms with Gasteiger partial charge in [0.05, 0.1) is 24.3 Å². The second kappa shape index (κ2) is 8.27. The Hall–Kier alpha value is -4.21. The molecule has 0 aliphatic carbocycles. The Morgan fingerprint density at radius 1 is 0.935 bits per heavy atom. The van der Waals surface area contributed by atoms with Gasteiger partial charge in [0.1, 0.15) is 5.82 Å². The molecule has 1 N–H and O–H groups in total. The summed E-state index contributed by atoms with van der Waals surface area (Å²) >= 11 is 0. The standard InChI is InChI=1S/C21H19N7O3/c29-20(16-12-18(31-26-16)17-4-3-11-30-17)25-15-13-23-21(24-14-15)28-9-7-27(8-10-28)19-5-1-2-6-22-19/h1-6,11-14H,7-10H2,(H,25,29). The lowest BCUT2D eigenvalue weighted by Gasteiger charge is -2.35. The largest absolute Gasteiger partial charge is 0.461 e. The number of aromatic nitrogens is 4. The van der Waals surface area contributed by atoms with Gasteiger partial charge in [-0.1, -0.05) is 11.2 Å². The number of nitrogens with zero attached hydrogens (tertiary/aromatic N) is 6. The minimum atomic E-state index is -0.415. The molecule has 0 bridgehead atoms. The van der Waals surface area contributed by atoms with Gasteiger partial charge in [-0.05, 0) is 24.3 Å². The first-order valence-corrected chi connectivity index (χ1v) is 9.81. The zero-order chi connectivity index (χ0) is 21.0. The highest BCUT2D eigenvalue weighted by Gasteiger charge is 2.20. The lowest BCUT2D eigenvalue weighted by Crippen LogP contribution is -2.47. The van der Waals surface area contributed by atoms with Crippen molar-refractivity contribution in [1.82, 2.24) is 20.1 Å². The molecule has 0 saturated carbocycles. The SMILES string of the molecule is O=C(Nc1cnc(N2CCN(c3ccccn3)CC2)nc1)c1cc(-c2ccco2)on1. The van der Waals surface area contributed by atoms with Crippen LogP contribution in [0.3, 0.4) is 0 Å². The number of carbonyl (C=O) groups excluding carboxylic acids is 1. The van der Waals surface area contributed by atoms with Crippen molar-refractivity contribution in [2.24, 2.45) is 0 Å². The number of hydrogen-bond donors (Lipinski definition) is 1. The quantitative estimate of drug-likeness (QED) is 0.523. The second-order valence-electron chi connectivity index (χ2n) is 6.94. The topological polar surface area (TPSA) is 113 Å². The van der Waals surface area contributed by atoms with Gasteiger partial charge in [-0.25, -0.2) is 15.0 Å². The molecule has 0 atom stereocenters. The lowest BCUT2D eigenvalue weighted by molar-refractivity contribution is 0.101. The third kappa shape index (κ3) is 4.08. The van der Waals surface area contributed by atoms with E-state index in [1.807, 2.05) is 18.2 Å². The molecule has 10 heteroatoms. The molecule has 1 aliphatic heterocycles. The van der Waals surface area contributed by atoms with Crippen molar-refractivity contribution in [1.29, 1.82) is 0 Å². The number of nitrogens with one attached hydrogen (secondary N) is 1. The van der Waals surface area contributed by atoms with Crippen molar-refractivity contribution in [3.8, 4) is 11.5 Å². The first-order chi connectivity index (χ1) is 15.3. The summed E-state index contributed by atoms with van der Waals surface area (Å²) in [6, 6.07) is 10.9. The van der Waals surface area contributed by atoms with Crippen LogP contribution in [0.15, 0.2) is 70.2 Å². The molecule has 4 aromatic rings. The molecule has 0 unspecified atom stereocenters.